The summed E-state index contributed by atoms with van der Waals surface area (Å²) in [5, 5.41) is 0. The molecule has 0 spiro atoms. The zero-order valence-electron chi connectivity index (χ0n) is 10.3. The molecule has 1 fully saturated rings. The zero-order chi connectivity index (χ0) is 14.3. The van der Waals surface area contributed by atoms with Crippen LogP contribution in [0.5, 0.6) is 0 Å². The Morgan fingerprint density at radius 2 is 2.21 bits per heavy atom. The first kappa shape index (κ1) is 15.5. The second-order valence-electron chi connectivity index (χ2n) is 4.49. The summed E-state index contributed by atoms with van der Waals surface area (Å²) in [7, 11) is -3.69. The lowest BCUT2D eigenvalue weighted by atomic mass is 10.4. The molecule has 19 heavy (non-hydrogen) atoms. The van der Waals surface area contributed by atoms with Gasteiger partial charge in [-0.3, -0.25) is 0 Å². The van der Waals surface area contributed by atoms with Crippen LogP contribution < -0.4 is 4.72 Å². The predicted octanol–water partition coefficient (Wildman–Crippen LogP) is 2.48. The SMILES string of the molecule is CC1(C)OCC(CNS(=O)(=O)c2cc(Cl)sc2Cl)O1. The van der Waals surface area contributed by atoms with Gasteiger partial charge in [-0.25, -0.2) is 13.1 Å². The second kappa shape index (κ2) is 5.48. The minimum atomic E-state index is -3.69. The third-order valence-electron chi connectivity index (χ3n) is 2.48. The Hall–Kier alpha value is 0.110. The second-order valence-corrected chi connectivity index (χ2v) is 8.51. The molecule has 5 nitrogen and oxygen atoms in total. The number of thiophene rings is 1. The molecule has 9 heteroatoms. The fourth-order valence-electron chi connectivity index (χ4n) is 1.65. The van der Waals surface area contributed by atoms with E-state index in [9.17, 15) is 8.42 Å². The van der Waals surface area contributed by atoms with E-state index >= 15 is 0 Å². The van der Waals surface area contributed by atoms with Crippen LogP contribution in [0.4, 0.5) is 0 Å². The van der Waals surface area contributed by atoms with E-state index in [1.54, 1.807) is 13.8 Å². The van der Waals surface area contributed by atoms with Crippen LogP contribution in [0, 0.1) is 0 Å². The normalized spacial score (nSPS) is 22.8. The number of hydrogen-bond acceptors (Lipinski definition) is 5. The third-order valence-corrected chi connectivity index (χ3v) is 5.66. The first-order chi connectivity index (χ1) is 8.70. The number of rotatable bonds is 4. The molecule has 0 radical (unpaired) electrons. The summed E-state index contributed by atoms with van der Waals surface area (Å²) in [6.45, 7) is 4.01. The quantitative estimate of drug-likeness (QED) is 0.910. The summed E-state index contributed by atoms with van der Waals surface area (Å²) in [6, 6.07) is 1.33. The minimum absolute atomic E-state index is 0.0117. The minimum Gasteiger partial charge on any atom is -0.348 e. The average molecular weight is 346 g/mol. The van der Waals surface area contributed by atoms with Gasteiger partial charge in [0.25, 0.3) is 0 Å². The summed E-state index contributed by atoms with van der Waals surface area (Å²) in [5.41, 5.74) is 0. The summed E-state index contributed by atoms with van der Waals surface area (Å²) in [6.07, 6.45) is -0.322. The molecule has 0 saturated carbocycles. The molecule has 1 N–H and O–H groups in total. The largest absolute Gasteiger partial charge is 0.348 e. The zero-order valence-corrected chi connectivity index (χ0v) is 13.4. The molecule has 1 unspecified atom stereocenters. The first-order valence-electron chi connectivity index (χ1n) is 5.46. The lowest BCUT2D eigenvalue weighted by Crippen LogP contribution is -2.34. The third kappa shape index (κ3) is 3.81. The number of hydrogen-bond donors (Lipinski definition) is 1. The van der Waals surface area contributed by atoms with Gasteiger partial charge in [-0.05, 0) is 19.9 Å². The van der Waals surface area contributed by atoms with Crippen LogP contribution in [0.1, 0.15) is 13.8 Å². The Bertz CT molecular complexity index is 570. The van der Waals surface area contributed by atoms with E-state index in [2.05, 4.69) is 4.72 Å². The Labute approximate surface area is 125 Å². The molecule has 1 aliphatic heterocycles. The summed E-state index contributed by atoms with van der Waals surface area (Å²) < 4.78 is 37.8. The molecule has 0 aliphatic carbocycles. The number of sulfonamides is 1. The van der Waals surface area contributed by atoms with Gasteiger partial charge >= 0.3 is 0 Å². The van der Waals surface area contributed by atoms with Crippen LogP contribution in [0.3, 0.4) is 0 Å². The molecule has 2 rings (SSSR count). The van der Waals surface area contributed by atoms with Crippen molar-refractivity contribution in [2.24, 2.45) is 0 Å². The van der Waals surface area contributed by atoms with Crippen molar-refractivity contribution in [1.82, 2.24) is 4.72 Å². The van der Waals surface area contributed by atoms with Crippen LogP contribution in [-0.4, -0.2) is 33.5 Å². The van der Waals surface area contributed by atoms with Crippen molar-refractivity contribution >= 4 is 44.6 Å². The Balaban J connectivity index is 2.01. The molecule has 1 aliphatic rings. The van der Waals surface area contributed by atoms with Crippen molar-refractivity contribution in [2.75, 3.05) is 13.2 Å². The van der Waals surface area contributed by atoms with Gasteiger partial charge in [0.15, 0.2) is 5.79 Å². The van der Waals surface area contributed by atoms with Crippen molar-refractivity contribution in [1.29, 1.82) is 0 Å². The van der Waals surface area contributed by atoms with Crippen LogP contribution in [0.25, 0.3) is 0 Å². The van der Waals surface area contributed by atoms with Crippen LogP contribution >= 0.6 is 34.5 Å². The molecule has 0 amide bonds. The van der Waals surface area contributed by atoms with E-state index in [-0.39, 0.29) is 21.9 Å². The van der Waals surface area contributed by atoms with Crippen molar-refractivity contribution in [3.63, 3.8) is 0 Å². The fourth-order valence-corrected chi connectivity index (χ4v) is 4.87. The molecule has 0 aromatic carbocycles. The van der Waals surface area contributed by atoms with Gasteiger partial charge in [0.2, 0.25) is 10.0 Å². The molecule has 1 aromatic heterocycles. The Morgan fingerprint density at radius 1 is 1.53 bits per heavy atom. The van der Waals surface area contributed by atoms with E-state index < -0.39 is 15.8 Å². The van der Waals surface area contributed by atoms with E-state index in [0.717, 1.165) is 11.3 Å². The molecule has 1 atom stereocenters. The average Bonchev–Trinajstić information content (AvgIpc) is 2.79. The number of halogens is 2. The van der Waals surface area contributed by atoms with Gasteiger partial charge in [0.1, 0.15) is 9.23 Å². The standard InChI is InChI=1S/C10H13Cl2NO4S2/c1-10(2)16-5-6(17-10)4-13-19(14,15)7-3-8(11)18-9(7)12/h3,6,13H,4-5H2,1-2H3. The van der Waals surface area contributed by atoms with Crippen molar-refractivity contribution in [3.8, 4) is 0 Å². The summed E-state index contributed by atoms with van der Waals surface area (Å²) >= 11 is 12.6. The van der Waals surface area contributed by atoms with Crippen LogP contribution in [0.15, 0.2) is 11.0 Å². The van der Waals surface area contributed by atoms with Gasteiger partial charge in [0, 0.05) is 6.54 Å². The highest BCUT2D eigenvalue weighted by Crippen LogP contribution is 2.34. The maximum absolute atomic E-state index is 12.0. The highest BCUT2D eigenvalue weighted by molar-refractivity contribution is 7.89. The molecule has 108 valence electrons. The van der Waals surface area contributed by atoms with E-state index in [0.29, 0.717) is 10.9 Å². The Morgan fingerprint density at radius 3 is 2.68 bits per heavy atom. The summed E-state index contributed by atoms with van der Waals surface area (Å²) in [5.74, 6) is -0.681. The maximum Gasteiger partial charge on any atom is 0.243 e. The van der Waals surface area contributed by atoms with Gasteiger partial charge in [0.05, 0.1) is 17.0 Å². The van der Waals surface area contributed by atoms with Gasteiger partial charge in [-0.2, -0.15) is 0 Å². The van der Waals surface area contributed by atoms with Gasteiger partial charge in [-0.1, -0.05) is 23.2 Å². The van der Waals surface area contributed by atoms with Crippen molar-refractivity contribution < 1.29 is 17.9 Å². The van der Waals surface area contributed by atoms with Crippen LogP contribution in [-0.2, 0) is 19.5 Å². The maximum atomic E-state index is 12.0. The molecule has 0 bridgehead atoms. The monoisotopic (exact) mass is 345 g/mol. The van der Waals surface area contributed by atoms with E-state index in [1.807, 2.05) is 0 Å². The molecule has 1 aromatic rings. The van der Waals surface area contributed by atoms with Crippen molar-refractivity contribution in [2.45, 2.75) is 30.6 Å². The first-order valence-corrected chi connectivity index (χ1v) is 8.51. The lowest BCUT2D eigenvalue weighted by molar-refractivity contribution is -0.137. The molecule has 2 heterocycles. The Kier molecular flexibility index (Phi) is 4.47. The highest BCUT2D eigenvalue weighted by atomic mass is 35.5. The van der Waals surface area contributed by atoms with Crippen molar-refractivity contribution in [3.05, 3.63) is 14.7 Å². The topological polar surface area (TPSA) is 64.6 Å². The summed E-state index contributed by atoms with van der Waals surface area (Å²) in [4.78, 5) is -0.0117. The molecule has 1 saturated heterocycles. The van der Waals surface area contributed by atoms with Crippen LogP contribution in [0.2, 0.25) is 8.67 Å². The predicted molar refractivity (Wildman–Crippen MR) is 74.4 cm³/mol. The van der Waals surface area contributed by atoms with E-state index in [4.69, 9.17) is 32.7 Å². The fraction of sp³-hybridized carbons (Fsp3) is 0.600. The lowest BCUT2D eigenvalue weighted by Gasteiger charge is -2.17. The number of ether oxygens (including phenoxy) is 2. The van der Waals surface area contributed by atoms with E-state index in [1.165, 1.54) is 6.07 Å². The molecular weight excluding hydrogens is 333 g/mol. The smallest absolute Gasteiger partial charge is 0.243 e. The number of nitrogens with one attached hydrogen (secondary N) is 1. The van der Waals surface area contributed by atoms with Gasteiger partial charge < -0.3 is 9.47 Å². The molecular formula is C10H13Cl2NO4S2. The highest BCUT2D eigenvalue weighted by Gasteiger charge is 2.33. The van der Waals surface area contributed by atoms with Gasteiger partial charge in [-0.15, -0.1) is 11.3 Å².